The fourth-order valence-corrected chi connectivity index (χ4v) is 2.58. The molecule has 98 valence electrons. The predicted molar refractivity (Wildman–Crippen MR) is 71.5 cm³/mol. The molecule has 0 amide bonds. The van der Waals surface area contributed by atoms with Gasteiger partial charge >= 0.3 is 0 Å². The van der Waals surface area contributed by atoms with Gasteiger partial charge in [0.1, 0.15) is 5.60 Å². The molecule has 1 atom stereocenters. The molecular formula is C13H20Cl2O2. The Labute approximate surface area is 113 Å². The summed E-state index contributed by atoms with van der Waals surface area (Å²) in [7, 11) is 0. The number of unbranched alkanes of at least 4 members (excludes halogenated alkanes) is 3. The zero-order valence-corrected chi connectivity index (χ0v) is 11.7. The maximum atomic E-state index is 11.8. The second-order valence-electron chi connectivity index (χ2n) is 4.74. The first kappa shape index (κ1) is 15.0. The Morgan fingerprint density at radius 2 is 2.00 bits per heavy atom. The minimum Gasteiger partial charge on any atom is -0.382 e. The molecule has 0 aromatic rings. The summed E-state index contributed by atoms with van der Waals surface area (Å²) in [5.41, 5.74) is -1.36. The number of carbonyl (C=O) groups is 1. The molecule has 1 saturated carbocycles. The number of allylic oxidation sites excluding steroid dienone is 1. The molecule has 1 unspecified atom stereocenters. The Bertz CT molecular complexity index is 300. The zero-order chi connectivity index (χ0) is 12.9. The van der Waals surface area contributed by atoms with Crippen LogP contribution >= 0.6 is 23.2 Å². The third kappa shape index (κ3) is 3.97. The number of ketones is 1. The van der Waals surface area contributed by atoms with Crippen LogP contribution in [0, 0.1) is 0 Å². The highest BCUT2D eigenvalue weighted by molar-refractivity contribution is 6.59. The average Bonchev–Trinajstić information content (AvgIpc) is 2.49. The first-order valence-corrected chi connectivity index (χ1v) is 6.98. The van der Waals surface area contributed by atoms with Crippen molar-refractivity contribution in [3.8, 4) is 0 Å². The van der Waals surface area contributed by atoms with Crippen LogP contribution in [0.3, 0.4) is 0 Å². The molecule has 17 heavy (non-hydrogen) atoms. The first-order valence-electron chi connectivity index (χ1n) is 6.22. The van der Waals surface area contributed by atoms with Crippen LogP contribution < -0.4 is 0 Å². The van der Waals surface area contributed by atoms with Crippen LogP contribution in [0.25, 0.3) is 0 Å². The minimum atomic E-state index is -1.40. The van der Waals surface area contributed by atoms with Gasteiger partial charge in [0.15, 0.2) is 10.1 Å². The van der Waals surface area contributed by atoms with Gasteiger partial charge in [0.05, 0.1) is 0 Å². The maximum Gasteiger partial charge on any atom is 0.200 e. The van der Waals surface area contributed by atoms with Gasteiger partial charge in [-0.15, -0.1) is 0 Å². The van der Waals surface area contributed by atoms with E-state index < -0.39 is 15.7 Å². The van der Waals surface area contributed by atoms with Crippen LogP contribution in [-0.4, -0.2) is 20.8 Å². The van der Waals surface area contributed by atoms with E-state index in [0.29, 0.717) is 19.3 Å². The molecule has 0 aromatic carbocycles. The van der Waals surface area contributed by atoms with Gasteiger partial charge in [0, 0.05) is 6.42 Å². The molecule has 0 spiro atoms. The molecule has 4 heteroatoms. The second kappa shape index (κ2) is 6.21. The molecule has 1 N–H and O–H groups in total. The third-order valence-electron chi connectivity index (χ3n) is 3.20. The number of aliphatic hydroxyl groups is 1. The van der Waals surface area contributed by atoms with Crippen molar-refractivity contribution < 1.29 is 9.90 Å². The second-order valence-corrected chi connectivity index (χ2v) is 6.22. The molecule has 0 heterocycles. The molecule has 1 fully saturated rings. The average molecular weight is 279 g/mol. The van der Waals surface area contributed by atoms with E-state index in [1.807, 2.05) is 12.2 Å². The van der Waals surface area contributed by atoms with E-state index in [0.717, 1.165) is 12.8 Å². The molecule has 0 aliphatic heterocycles. The van der Waals surface area contributed by atoms with Crippen molar-refractivity contribution in [3.63, 3.8) is 0 Å². The van der Waals surface area contributed by atoms with Gasteiger partial charge in [-0.25, -0.2) is 0 Å². The predicted octanol–water partition coefficient (Wildman–Crippen LogP) is 3.78. The van der Waals surface area contributed by atoms with E-state index in [1.165, 1.54) is 12.8 Å². The molecule has 0 bridgehead atoms. The number of Topliss-reactive ketones (excluding diaryl/α,β-unsaturated/α-hetero) is 1. The van der Waals surface area contributed by atoms with Gasteiger partial charge in [-0.2, -0.15) is 0 Å². The van der Waals surface area contributed by atoms with Gasteiger partial charge < -0.3 is 5.11 Å². The van der Waals surface area contributed by atoms with Crippen LogP contribution in [0.15, 0.2) is 12.2 Å². The molecule has 0 radical (unpaired) electrons. The van der Waals surface area contributed by atoms with E-state index in [9.17, 15) is 9.90 Å². The summed E-state index contributed by atoms with van der Waals surface area (Å²) in [6, 6.07) is 0. The molecule has 1 rings (SSSR count). The fourth-order valence-electron chi connectivity index (χ4n) is 2.03. The van der Waals surface area contributed by atoms with Crippen LogP contribution in [0.2, 0.25) is 0 Å². The quantitative estimate of drug-likeness (QED) is 0.456. The van der Waals surface area contributed by atoms with Gasteiger partial charge in [-0.1, -0.05) is 55.1 Å². The van der Waals surface area contributed by atoms with Crippen LogP contribution in [0.1, 0.15) is 51.9 Å². The van der Waals surface area contributed by atoms with Crippen molar-refractivity contribution in [1.82, 2.24) is 0 Å². The Morgan fingerprint density at radius 3 is 2.53 bits per heavy atom. The summed E-state index contributed by atoms with van der Waals surface area (Å²) < 4.78 is -1.40. The summed E-state index contributed by atoms with van der Waals surface area (Å²) in [6.45, 7) is 2.16. The molecule has 0 saturated heterocycles. The van der Waals surface area contributed by atoms with Crippen molar-refractivity contribution in [3.05, 3.63) is 12.2 Å². The van der Waals surface area contributed by atoms with Crippen LogP contribution in [0.4, 0.5) is 0 Å². The molecule has 1 aliphatic carbocycles. The smallest absolute Gasteiger partial charge is 0.200 e. The van der Waals surface area contributed by atoms with Crippen molar-refractivity contribution in [2.45, 2.75) is 61.8 Å². The lowest BCUT2D eigenvalue weighted by atomic mass is 9.96. The maximum absolute atomic E-state index is 11.8. The Kier molecular flexibility index (Phi) is 5.49. The zero-order valence-electron chi connectivity index (χ0n) is 10.2. The Balaban J connectivity index is 2.39. The largest absolute Gasteiger partial charge is 0.382 e. The van der Waals surface area contributed by atoms with E-state index >= 15 is 0 Å². The van der Waals surface area contributed by atoms with E-state index in [4.69, 9.17) is 23.2 Å². The van der Waals surface area contributed by atoms with Crippen LogP contribution in [0.5, 0.6) is 0 Å². The van der Waals surface area contributed by atoms with Gasteiger partial charge in [-0.05, 0) is 25.7 Å². The number of halogens is 2. The standard InChI is InChI=1S/C13H20Cl2O2/c1-2-3-4-5-6-7-8-12(17)9-10-13(14,15)11(12)16/h6-7,17H,2-5,8-10H2,1H3. The van der Waals surface area contributed by atoms with E-state index in [2.05, 4.69) is 6.92 Å². The lowest BCUT2D eigenvalue weighted by Gasteiger charge is -2.19. The lowest BCUT2D eigenvalue weighted by molar-refractivity contribution is -0.133. The molecule has 0 aromatic heterocycles. The number of hydrogen-bond acceptors (Lipinski definition) is 2. The van der Waals surface area contributed by atoms with Crippen LogP contribution in [-0.2, 0) is 4.79 Å². The summed E-state index contributed by atoms with van der Waals surface area (Å²) in [6.07, 6.45) is 9.41. The first-order chi connectivity index (χ1) is 7.92. The summed E-state index contributed by atoms with van der Waals surface area (Å²) >= 11 is 11.6. The van der Waals surface area contributed by atoms with Gasteiger partial charge in [0.25, 0.3) is 0 Å². The fraction of sp³-hybridized carbons (Fsp3) is 0.769. The van der Waals surface area contributed by atoms with Crippen molar-refractivity contribution in [2.75, 3.05) is 0 Å². The topological polar surface area (TPSA) is 37.3 Å². The van der Waals surface area contributed by atoms with E-state index in [1.54, 1.807) is 0 Å². The highest BCUT2D eigenvalue weighted by Crippen LogP contribution is 2.43. The number of carbonyl (C=O) groups excluding carboxylic acids is 1. The highest BCUT2D eigenvalue weighted by atomic mass is 35.5. The van der Waals surface area contributed by atoms with Gasteiger partial charge in [0.2, 0.25) is 0 Å². The highest BCUT2D eigenvalue weighted by Gasteiger charge is 2.53. The SMILES string of the molecule is CCCCCC=CCC1(O)CCC(Cl)(Cl)C1=O. The number of rotatable bonds is 6. The molecular weight excluding hydrogens is 259 g/mol. The summed E-state index contributed by atoms with van der Waals surface area (Å²) in [5, 5.41) is 10.1. The Hall–Kier alpha value is -0.0500. The lowest BCUT2D eigenvalue weighted by Crippen LogP contribution is -2.38. The Morgan fingerprint density at radius 1 is 1.29 bits per heavy atom. The molecule has 2 nitrogen and oxygen atoms in total. The number of alkyl halides is 2. The van der Waals surface area contributed by atoms with E-state index in [-0.39, 0.29) is 0 Å². The summed E-state index contributed by atoms with van der Waals surface area (Å²) in [5.74, 6) is -0.452. The normalized spacial score (nSPS) is 28.1. The molecule has 1 aliphatic rings. The summed E-state index contributed by atoms with van der Waals surface area (Å²) in [4.78, 5) is 11.8. The monoisotopic (exact) mass is 278 g/mol. The third-order valence-corrected chi connectivity index (χ3v) is 3.93. The number of hydrogen-bond donors (Lipinski definition) is 1. The van der Waals surface area contributed by atoms with Gasteiger partial charge in [-0.3, -0.25) is 4.79 Å². The van der Waals surface area contributed by atoms with Crippen molar-refractivity contribution >= 4 is 29.0 Å². The van der Waals surface area contributed by atoms with Crippen molar-refractivity contribution in [1.29, 1.82) is 0 Å². The minimum absolute atomic E-state index is 0.319. The van der Waals surface area contributed by atoms with Crippen molar-refractivity contribution in [2.24, 2.45) is 0 Å².